The van der Waals surface area contributed by atoms with Gasteiger partial charge in [-0.25, -0.2) is 0 Å². The fraction of sp³-hybridized carbons (Fsp3) is 1.00. The van der Waals surface area contributed by atoms with Gasteiger partial charge in [0.1, 0.15) is 0 Å². The van der Waals surface area contributed by atoms with Crippen LogP contribution in [0.4, 0.5) is 0 Å². The van der Waals surface area contributed by atoms with Gasteiger partial charge in [0.2, 0.25) is 0 Å². The molecule has 1 spiro atoms. The Morgan fingerprint density at radius 3 is 2.50 bits per heavy atom. The smallest absolute Gasteiger partial charge is 0.0687 e. The Bertz CT molecular complexity index is 281. The van der Waals surface area contributed by atoms with Crippen LogP contribution in [0.1, 0.15) is 71.6 Å². The Morgan fingerprint density at radius 1 is 1.11 bits per heavy atom. The first kappa shape index (κ1) is 12.9. The van der Waals surface area contributed by atoms with E-state index in [1.807, 2.05) is 0 Å². The standard InChI is InChI=1S/C16H29NO/c1-12(13(2)17-14-5-6-14)11-15-7-10-16(18-15)8-3-4-9-16/h12-15,17H,3-11H2,1-2H3. The summed E-state index contributed by atoms with van der Waals surface area (Å²) in [4.78, 5) is 0. The van der Waals surface area contributed by atoms with Crippen LogP contribution in [0.3, 0.4) is 0 Å². The molecule has 0 aromatic carbocycles. The molecule has 2 heteroatoms. The first-order chi connectivity index (χ1) is 8.67. The van der Waals surface area contributed by atoms with Gasteiger partial charge >= 0.3 is 0 Å². The summed E-state index contributed by atoms with van der Waals surface area (Å²) in [7, 11) is 0. The van der Waals surface area contributed by atoms with Gasteiger partial charge in [0.25, 0.3) is 0 Å². The number of hydrogen-bond acceptors (Lipinski definition) is 2. The molecular weight excluding hydrogens is 222 g/mol. The molecule has 3 aliphatic rings. The molecule has 1 aliphatic heterocycles. The summed E-state index contributed by atoms with van der Waals surface area (Å²) < 4.78 is 6.42. The topological polar surface area (TPSA) is 21.3 Å². The van der Waals surface area contributed by atoms with Crippen molar-refractivity contribution in [2.75, 3.05) is 0 Å². The van der Waals surface area contributed by atoms with Crippen LogP contribution in [0.2, 0.25) is 0 Å². The summed E-state index contributed by atoms with van der Waals surface area (Å²) in [6, 6.07) is 1.48. The van der Waals surface area contributed by atoms with Crippen LogP contribution in [0.15, 0.2) is 0 Å². The second-order valence-electron chi connectivity index (χ2n) is 7.11. The molecule has 104 valence electrons. The minimum absolute atomic E-state index is 0.317. The zero-order chi connectivity index (χ0) is 12.6. The van der Waals surface area contributed by atoms with Crippen molar-refractivity contribution in [3.8, 4) is 0 Å². The fourth-order valence-corrected chi connectivity index (χ4v) is 3.85. The molecule has 3 unspecified atom stereocenters. The van der Waals surface area contributed by atoms with Gasteiger partial charge in [0.05, 0.1) is 11.7 Å². The van der Waals surface area contributed by atoms with Gasteiger partial charge in [-0.05, 0) is 57.8 Å². The van der Waals surface area contributed by atoms with Crippen LogP contribution in [-0.2, 0) is 4.74 Å². The monoisotopic (exact) mass is 251 g/mol. The zero-order valence-corrected chi connectivity index (χ0v) is 12.1. The molecule has 1 saturated heterocycles. The van der Waals surface area contributed by atoms with E-state index in [2.05, 4.69) is 19.2 Å². The summed E-state index contributed by atoms with van der Waals surface area (Å²) in [6.07, 6.45) is 12.6. The zero-order valence-electron chi connectivity index (χ0n) is 12.1. The van der Waals surface area contributed by atoms with E-state index in [9.17, 15) is 0 Å². The first-order valence-electron chi connectivity index (χ1n) is 8.11. The molecule has 3 atom stereocenters. The van der Waals surface area contributed by atoms with Crippen molar-refractivity contribution in [2.24, 2.45) is 5.92 Å². The molecular formula is C16H29NO. The Hall–Kier alpha value is -0.0800. The molecule has 1 N–H and O–H groups in total. The lowest BCUT2D eigenvalue weighted by atomic mass is 9.94. The minimum atomic E-state index is 0.317. The number of hydrogen-bond donors (Lipinski definition) is 1. The van der Waals surface area contributed by atoms with E-state index in [-0.39, 0.29) is 0 Å². The third kappa shape index (κ3) is 2.91. The molecule has 0 radical (unpaired) electrons. The van der Waals surface area contributed by atoms with Crippen molar-refractivity contribution >= 4 is 0 Å². The average Bonchev–Trinajstić information content (AvgIpc) is 2.90. The minimum Gasteiger partial charge on any atom is -0.372 e. The molecule has 2 aliphatic carbocycles. The van der Waals surface area contributed by atoms with Crippen molar-refractivity contribution in [2.45, 2.75) is 95.4 Å². The second-order valence-corrected chi connectivity index (χ2v) is 7.11. The lowest BCUT2D eigenvalue weighted by Crippen LogP contribution is -2.35. The van der Waals surface area contributed by atoms with Crippen LogP contribution in [0.25, 0.3) is 0 Å². The molecule has 3 fully saturated rings. The third-order valence-electron chi connectivity index (χ3n) is 5.42. The molecule has 0 aromatic rings. The predicted octanol–water partition coefficient (Wildman–Crippen LogP) is 3.64. The van der Waals surface area contributed by atoms with Gasteiger partial charge in [-0.15, -0.1) is 0 Å². The van der Waals surface area contributed by atoms with E-state index in [4.69, 9.17) is 4.74 Å². The highest BCUT2D eigenvalue weighted by Crippen LogP contribution is 2.44. The molecule has 2 saturated carbocycles. The highest BCUT2D eigenvalue weighted by molar-refractivity contribution is 4.94. The van der Waals surface area contributed by atoms with Crippen molar-refractivity contribution in [3.63, 3.8) is 0 Å². The van der Waals surface area contributed by atoms with Crippen LogP contribution in [-0.4, -0.2) is 23.8 Å². The molecule has 18 heavy (non-hydrogen) atoms. The summed E-state index contributed by atoms with van der Waals surface area (Å²) in [5.41, 5.74) is 0.317. The molecule has 0 bridgehead atoms. The van der Waals surface area contributed by atoms with Crippen molar-refractivity contribution in [1.82, 2.24) is 5.32 Å². The van der Waals surface area contributed by atoms with Crippen molar-refractivity contribution in [1.29, 1.82) is 0 Å². The van der Waals surface area contributed by atoms with Crippen LogP contribution in [0, 0.1) is 5.92 Å². The average molecular weight is 251 g/mol. The molecule has 0 aromatic heterocycles. The highest BCUT2D eigenvalue weighted by Gasteiger charge is 2.42. The Morgan fingerprint density at radius 2 is 1.83 bits per heavy atom. The molecule has 2 nitrogen and oxygen atoms in total. The maximum atomic E-state index is 6.42. The van der Waals surface area contributed by atoms with Crippen molar-refractivity contribution in [3.05, 3.63) is 0 Å². The van der Waals surface area contributed by atoms with E-state index in [1.165, 1.54) is 57.8 Å². The number of ether oxygens (including phenoxy) is 1. The van der Waals surface area contributed by atoms with E-state index >= 15 is 0 Å². The predicted molar refractivity (Wildman–Crippen MR) is 74.7 cm³/mol. The van der Waals surface area contributed by atoms with Gasteiger partial charge in [0, 0.05) is 12.1 Å². The lowest BCUT2D eigenvalue weighted by molar-refractivity contribution is -0.0447. The van der Waals surface area contributed by atoms with Crippen molar-refractivity contribution < 1.29 is 4.74 Å². The van der Waals surface area contributed by atoms with Crippen LogP contribution < -0.4 is 5.32 Å². The first-order valence-corrected chi connectivity index (χ1v) is 8.11. The molecule has 0 amide bonds. The van der Waals surface area contributed by atoms with Gasteiger partial charge in [-0.1, -0.05) is 19.8 Å². The van der Waals surface area contributed by atoms with E-state index < -0.39 is 0 Å². The van der Waals surface area contributed by atoms with Crippen LogP contribution in [0.5, 0.6) is 0 Å². The fourth-order valence-electron chi connectivity index (χ4n) is 3.85. The van der Waals surface area contributed by atoms with Gasteiger partial charge < -0.3 is 10.1 Å². The van der Waals surface area contributed by atoms with Gasteiger partial charge in [0.15, 0.2) is 0 Å². The van der Waals surface area contributed by atoms with E-state index in [1.54, 1.807) is 0 Å². The summed E-state index contributed by atoms with van der Waals surface area (Å²) in [5, 5.41) is 3.73. The number of nitrogens with one attached hydrogen (secondary N) is 1. The van der Waals surface area contributed by atoms with E-state index in [0.29, 0.717) is 17.7 Å². The summed E-state index contributed by atoms with van der Waals surface area (Å²) in [5.74, 6) is 0.743. The third-order valence-corrected chi connectivity index (χ3v) is 5.42. The second kappa shape index (κ2) is 5.13. The largest absolute Gasteiger partial charge is 0.372 e. The lowest BCUT2D eigenvalue weighted by Gasteiger charge is -2.27. The van der Waals surface area contributed by atoms with Gasteiger partial charge in [-0.3, -0.25) is 0 Å². The molecule has 3 rings (SSSR count). The Balaban J connectivity index is 1.44. The number of rotatable bonds is 5. The normalized spacial score (nSPS) is 34.0. The maximum absolute atomic E-state index is 6.42. The molecule has 1 heterocycles. The highest BCUT2D eigenvalue weighted by atomic mass is 16.5. The van der Waals surface area contributed by atoms with Gasteiger partial charge in [-0.2, -0.15) is 0 Å². The van der Waals surface area contributed by atoms with E-state index in [0.717, 1.165) is 12.0 Å². The van der Waals surface area contributed by atoms with Crippen LogP contribution >= 0.6 is 0 Å². The maximum Gasteiger partial charge on any atom is 0.0687 e. The Labute approximate surface area is 112 Å². The SMILES string of the molecule is CC(CC1CCC2(CCCC2)O1)C(C)NC1CC1. The Kier molecular flexibility index (Phi) is 3.68. The summed E-state index contributed by atoms with van der Waals surface area (Å²) in [6.45, 7) is 4.74. The summed E-state index contributed by atoms with van der Waals surface area (Å²) >= 11 is 0. The quantitative estimate of drug-likeness (QED) is 0.805.